The fourth-order valence-corrected chi connectivity index (χ4v) is 7.52. The molecule has 0 saturated carbocycles. The van der Waals surface area contributed by atoms with Crippen LogP contribution in [0.3, 0.4) is 0 Å². The number of aliphatic hydroxyl groups is 2. The summed E-state index contributed by atoms with van der Waals surface area (Å²) in [4.78, 5) is 22.6. The number of phosphoric acid groups is 1. The summed E-state index contributed by atoms with van der Waals surface area (Å²) in [5.74, 6) is -0.393. The molecule has 0 aliphatic heterocycles. The Balaban J connectivity index is 4.05. The highest BCUT2D eigenvalue weighted by Crippen LogP contribution is 2.43. The number of phosphoric ester groups is 1. The highest BCUT2D eigenvalue weighted by molar-refractivity contribution is 7.47. The molecule has 0 aromatic heterocycles. The normalized spacial score (nSPS) is 14.1. The van der Waals surface area contributed by atoms with E-state index in [4.69, 9.17) is 23.6 Å². The summed E-state index contributed by atoms with van der Waals surface area (Å²) in [5, 5.41) is 18.4. The van der Waals surface area contributed by atoms with Gasteiger partial charge in [-0.2, -0.15) is 0 Å². The van der Waals surface area contributed by atoms with Gasteiger partial charge in [0.05, 0.1) is 26.4 Å². The van der Waals surface area contributed by atoms with Gasteiger partial charge >= 0.3 is 13.8 Å². The SMILES string of the molecule is CCCC/C=C\C/C=C\CCCCCCCC(=O)OC(COCCCCCCCCCCCCCCCCCCCCCCCC)COP(=O)(O)OCC(O)CO. The van der Waals surface area contributed by atoms with Crippen LogP contribution in [-0.4, -0.2) is 66.3 Å². The van der Waals surface area contributed by atoms with E-state index < -0.39 is 39.2 Å². The highest BCUT2D eigenvalue weighted by atomic mass is 31.2. The minimum atomic E-state index is -4.52. The van der Waals surface area contributed by atoms with Crippen LogP contribution in [-0.2, 0) is 27.9 Å². The number of hydrogen-bond acceptors (Lipinski definition) is 8. The second kappa shape index (κ2) is 44.5. The molecule has 0 bridgehead atoms. The van der Waals surface area contributed by atoms with E-state index in [1.807, 2.05) is 0 Å². The van der Waals surface area contributed by atoms with Gasteiger partial charge in [0.25, 0.3) is 0 Å². The predicted octanol–water partition coefficient (Wildman–Crippen LogP) is 13.4. The molecule has 0 aromatic carbocycles. The third-order valence-electron chi connectivity index (χ3n) is 10.4. The summed E-state index contributed by atoms with van der Waals surface area (Å²) in [6, 6.07) is 0. The molecule has 0 aliphatic rings. The van der Waals surface area contributed by atoms with Gasteiger partial charge in [-0.3, -0.25) is 13.8 Å². The second-order valence-electron chi connectivity index (χ2n) is 16.1. The lowest BCUT2D eigenvalue weighted by Crippen LogP contribution is -2.29. The molecule has 0 heterocycles. The van der Waals surface area contributed by atoms with Crippen LogP contribution in [0.5, 0.6) is 0 Å². The number of ether oxygens (including phenoxy) is 2. The molecule has 0 aliphatic carbocycles. The van der Waals surface area contributed by atoms with Crippen LogP contribution < -0.4 is 0 Å². The predicted molar refractivity (Wildman–Crippen MR) is 238 cm³/mol. The minimum Gasteiger partial charge on any atom is -0.457 e. The molecule has 338 valence electrons. The summed E-state index contributed by atoms with van der Waals surface area (Å²) < 4.78 is 33.4. The maximum Gasteiger partial charge on any atom is 0.472 e. The smallest absolute Gasteiger partial charge is 0.457 e. The number of carbonyl (C=O) groups is 1. The van der Waals surface area contributed by atoms with Gasteiger partial charge in [-0.25, -0.2) is 4.57 Å². The van der Waals surface area contributed by atoms with E-state index in [0.29, 0.717) is 13.0 Å². The zero-order valence-electron chi connectivity index (χ0n) is 37.1. The van der Waals surface area contributed by atoms with Crippen LogP contribution in [0.1, 0.15) is 226 Å². The lowest BCUT2D eigenvalue weighted by atomic mass is 10.0. The van der Waals surface area contributed by atoms with Crippen LogP contribution in [0.2, 0.25) is 0 Å². The molecule has 3 N–H and O–H groups in total. The van der Waals surface area contributed by atoms with Crippen molar-refractivity contribution in [1.82, 2.24) is 0 Å². The van der Waals surface area contributed by atoms with E-state index in [9.17, 15) is 19.4 Å². The van der Waals surface area contributed by atoms with Gasteiger partial charge in [0, 0.05) is 13.0 Å². The maximum atomic E-state index is 12.6. The van der Waals surface area contributed by atoms with Gasteiger partial charge in [-0.1, -0.05) is 205 Å². The Labute approximate surface area is 351 Å². The van der Waals surface area contributed by atoms with E-state index in [1.54, 1.807) is 0 Å². The van der Waals surface area contributed by atoms with E-state index in [-0.39, 0.29) is 19.6 Å². The Morgan fingerprint density at radius 3 is 1.46 bits per heavy atom. The van der Waals surface area contributed by atoms with Crippen molar-refractivity contribution in [1.29, 1.82) is 0 Å². The topological polar surface area (TPSA) is 132 Å². The first-order valence-corrected chi connectivity index (χ1v) is 25.3. The lowest BCUT2D eigenvalue weighted by molar-refractivity contribution is -0.154. The summed E-state index contributed by atoms with van der Waals surface area (Å²) in [6.45, 7) is 3.50. The molecular formula is C47H91O9P. The fourth-order valence-electron chi connectivity index (χ4n) is 6.73. The first-order chi connectivity index (χ1) is 27.8. The molecule has 9 nitrogen and oxygen atoms in total. The number of unbranched alkanes of at least 4 members (excludes halogenated alkanes) is 28. The van der Waals surface area contributed by atoms with Crippen LogP contribution in [0, 0.1) is 0 Å². The highest BCUT2D eigenvalue weighted by Gasteiger charge is 2.26. The summed E-state index contributed by atoms with van der Waals surface area (Å²) >= 11 is 0. The van der Waals surface area contributed by atoms with Crippen molar-refractivity contribution in [2.24, 2.45) is 0 Å². The molecule has 3 unspecified atom stereocenters. The molecule has 57 heavy (non-hydrogen) atoms. The molecule has 0 rings (SSSR count). The molecule has 0 fully saturated rings. The first kappa shape index (κ1) is 55.9. The van der Waals surface area contributed by atoms with Gasteiger partial charge in [-0.05, 0) is 38.5 Å². The van der Waals surface area contributed by atoms with Crippen molar-refractivity contribution in [3.8, 4) is 0 Å². The number of aliphatic hydroxyl groups excluding tert-OH is 2. The lowest BCUT2D eigenvalue weighted by Gasteiger charge is -2.20. The molecular weight excluding hydrogens is 739 g/mol. The van der Waals surface area contributed by atoms with Crippen LogP contribution in [0.25, 0.3) is 0 Å². The summed E-state index contributed by atoms with van der Waals surface area (Å²) in [5.41, 5.74) is 0. The average Bonchev–Trinajstić information content (AvgIpc) is 3.20. The van der Waals surface area contributed by atoms with Gasteiger partial charge in [0.1, 0.15) is 12.2 Å². The minimum absolute atomic E-state index is 0.0479. The van der Waals surface area contributed by atoms with Crippen LogP contribution in [0.4, 0.5) is 0 Å². The van der Waals surface area contributed by atoms with Crippen molar-refractivity contribution in [2.45, 2.75) is 238 Å². The van der Waals surface area contributed by atoms with E-state index >= 15 is 0 Å². The Hall–Kier alpha value is -1.06. The van der Waals surface area contributed by atoms with Crippen molar-refractivity contribution in [2.75, 3.05) is 33.0 Å². The number of carbonyl (C=O) groups excluding carboxylic acids is 1. The molecule has 0 spiro atoms. The van der Waals surface area contributed by atoms with E-state index in [1.165, 1.54) is 141 Å². The van der Waals surface area contributed by atoms with Gasteiger partial charge in [-0.15, -0.1) is 0 Å². The standard InChI is InChI=1S/C47H91O9P/c1-3-5-7-9-11-13-15-17-19-20-21-22-23-24-25-26-28-30-32-34-36-38-40-53-43-46(44-55-57(51,52)54-42-45(49)41-48)56-47(50)39-37-35-33-31-29-27-18-16-14-12-10-8-6-4-2/h10,12,16,18,45-46,48-49H,3-9,11,13-15,17,19-44H2,1-2H3,(H,51,52)/b12-10-,18-16-. The van der Waals surface area contributed by atoms with E-state index in [2.05, 4.69) is 38.2 Å². The quantitative estimate of drug-likeness (QED) is 0.0237. The Bertz CT molecular complexity index is 944. The number of rotatable bonds is 46. The zero-order chi connectivity index (χ0) is 41.8. The average molecular weight is 831 g/mol. The monoisotopic (exact) mass is 831 g/mol. The molecule has 3 atom stereocenters. The largest absolute Gasteiger partial charge is 0.472 e. The van der Waals surface area contributed by atoms with Gasteiger partial charge in [0.15, 0.2) is 0 Å². The second-order valence-corrected chi connectivity index (χ2v) is 17.6. The van der Waals surface area contributed by atoms with Gasteiger partial charge in [0.2, 0.25) is 0 Å². The molecule has 0 aromatic rings. The van der Waals surface area contributed by atoms with E-state index in [0.717, 1.165) is 57.8 Å². The van der Waals surface area contributed by atoms with Crippen molar-refractivity contribution < 1.29 is 43.0 Å². The van der Waals surface area contributed by atoms with Crippen LogP contribution >= 0.6 is 7.82 Å². The zero-order valence-corrected chi connectivity index (χ0v) is 38.0. The molecule has 0 amide bonds. The maximum absolute atomic E-state index is 12.6. The van der Waals surface area contributed by atoms with Crippen molar-refractivity contribution >= 4 is 13.8 Å². The van der Waals surface area contributed by atoms with Crippen LogP contribution in [0.15, 0.2) is 24.3 Å². The van der Waals surface area contributed by atoms with Gasteiger partial charge < -0.3 is 24.6 Å². The number of esters is 1. The van der Waals surface area contributed by atoms with Crippen molar-refractivity contribution in [3.63, 3.8) is 0 Å². The fraction of sp³-hybridized carbons (Fsp3) is 0.894. The number of allylic oxidation sites excluding steroid dienone is 4. The van der Waals surface area contributed by atoms with Crippen molar-refractivity contribution in [3.05, 3.63) is 24.3 Å². The Morgan fingerprint density at radius 1 is 0.544 bits per heavy atom. The molecule has 10 heteroatoms. The molecule has 0 radical (unpaired) electrons. The Morgan fingerprint density at radius 2 is 0.965 bits per heavy atom. The number of hydrogen-bond donors (Lipinski definition) is 3. The first-order valence-electron chi connectivity index (χ1n) is 23.8. The summed E-state index contributed by atoms with van der Waals surface area (Å²) in [6.07, 6.45) is 47.2. The third-order valence-corrected chi connectivity index (χ3v) is 11.3. The molecule has 0 saturated heterocycles. The third kappa shape index (κ3) is 44.3. The summed E-state index contributed by atoms with van der Waals surface area (Å²) in [7, 11) is -4.52. The Kier molecular flexibility index (Phi) is 43.7.